The van der Waals surface area contributed by atoms with Gasteiger partial charge >= 0.3 is 0 Å². The van der Waals surface area contributed by atoms with Gasteiger partial charge in [0.25, 0.3) is 0 Å². The molecule has 0 spiro atoms. The monoisotopic (exact) mass is 293 g/mol. The summed E-state index contributed by atoms with van der Waals surface area (Å²) < 4.78 is 34.0. The van der Waals surface area contributed by atoms with E-state index in [0.717, 1.165) is 18.3 Å². The van der Waals surface area contributed by atoms with E-state index < -0.39 is 11.6 Å². The van der Waals surface area contributed by atoms with Crippen LogP contribution in [0.1, 0.15) is 23.9 Å². The largest absolute Gasteiger partial charge is 0.372 e. The van der Waals surface area contributed by atoms with E-state index in [4.69, 9.17) is 4.74 Å². The lowest BCUT2D eigenvalue weighted by molar-refractivity contribution is 0.0979. The Morgan fingerprint density at radius 3 is 2.95 bits per heavy atom. The summed E-state index contributed by atoms with van der Waals surface area (Å²) in [5.41, 5.74) is 0.656. The lowest BCUT2D eigenvalue weighted by atomic mass is 10.0. The quantitative estimate of drug-likeness (QED) is 0.940. The van der Waals surface area contributed by atoms with Crippen LogP contribution in [0.5, 0.6) is 0 Å². The van der Waals surface area contributed by atoms with Gasteiger partial charge in [-0.05, 0) is 24.1 Å². The molecule has 2 atom stereocenters. The third-order valence-electron chi connectivity index (χ3n) is 3.81. The molecule has 2 unspecified atom stereocenters. The van der Waals surface area contributed by atoms with Crippen molar-refractivity contribution in [3.05, 3.63) is 53.6 Å². The summed E-state index contributed by atoms with van der Waals surface area (Å²) in [5, 5.41) is 3.38. The van der Waals surface area contributed by atoms with Gasteiger partial charge in [-0.1, -0.05) is 6.07 Å². The Hall–Kier alpha value is -1.79. The second-order valence-electron chi connectivity index (χ2n) is 5.20. The third-order valence-corrected chi connectivity index (χ3v) is 3.81. The first kappa shape index (κ1) is 14.2. The van der Waals surface area contributed by atoms with E-state index in [1.54, 1.807) is 12.3 Å². The maximum absolute atomic E-state index is 13.4. The molecule has 1 aliphatic rings. The molecule has 0 radical (unpaired) electrons. The van der Waals surface area contributed by atoms with Gasteiger partial charge in [0, 0.05) is 32.1 Å². The van der Waals surface area contributed by atoms with Gasteiger partial charge in [-0.25, -0.2) is 13.8 Å². The number of nitrogens with one attached hydrogen (secondary N) is 1. The van der Waals surface area contributed by atoms with Crippen molar-refractivity contribution in [1.82, 2.24) is 14.9 Å². The Morgan fingerprint density at radius 1 is 1.38 bits per heavy atom. The van der Waals surface area contributed by atoms with Crippen LogP contribution in [-0.2, 0) is 18.3 Å². The van der Waals surface area contributed by atoms with Crippen LogP contribution in [0.25, 0.3) is 0 Å². The second-order valence-corrected chi connectivity index (χ2v) is 5.20. The number of rotatable bonds is 4. The summed E-state index contributed by atoms with van der Waals surface area (Å²) in [6.45, 7) is 1.21. The molecule has 1 aromatic heterocycles. The van der Waals surface area contributed by atoms with Crippen molar-refractivity contribution in [2.24, 2.45) is 7.05 Å². The standard InChI is InChI=1S/C15H17F2N3O/c1-20-6-5-18-14(20)9-19-13-4-7-21-15(13)10-2-3-11(16)12(17)8-10/h2-3,5-6,8,13,15,19H,4,7,9H2,1H3. The van der Waals surface area contributed by atoms with E-state index in [1.807, 2.05) is 17.8 Å². The highest BCUT2D eigenvalue weighted by molar-refractivity contribution is 5.22. The minimum Gasteiger partial charge on any atom is -0.372 e. The Balaban J connectivity index is 1.70. The molecule has 1 saturated heterocycles. The molecule has 0 amide bonds. The van der Waals surface area contributed by atoms with Crippen LogP contribution >= 0.6 is 0 Å². The first-order chi connectivity index (χ1) is 10.1. The molecule has 0 saturated carbocycles. The molecule has 4 nitrogen and oxygen atoms in total. The van der Waals surface area contributed by atoms with Gasteiger partial charge in [-0.3, -0.25) is 0 Å². The summed E-state index contributed by atoms with van der Waals surface area (Å²) in [7, 11) is 1.93. The van der Waals surface area contributed by atoms with Crippen molar-refractivity contribution in [3.8, 4) is 0 Å². The highest BCUT2D eigenvalue weighted by Crippen LogP contribution is 2.30. The molecule has 2 heterocycles. The maximum Gasteiger partial charge on any atom is 0.159 e. The fourth-order valence-electron chi connectivity index (χ4n) is 2.61. The van der Waals surface area contributed by atoms with Crippen LogP contribution in [0.4, 0.5) is 8.78 Å². The van der Waals surface area contributed by atoms with Crippen LogP contribution in [-0.4, -0.2) is 22.2 Å². The Labute approximate surface area is 121 Å². The maximum atomic E-state index is 13.4. The topological polar surface area (TPSA) is 39.1 Å². The predicted molar refractivity (Wildman–Crippen MR) is 73.5 cm³/mol. The molecule has 1 aromatic carbocycles. The zero-order valence-corrected chi connectivity index (χ0v) is 11.7. The first-order valence-corrected chi connectivity index (χ1v) is 6.91. The second kappa shape index (κ2) is 5.91. The van der Waals surface area contributed by atoms with E-state index in [0.29, 0.717) is 18.7 Å². The molecule has 2 aromatic rings. The van der Waals surface area contributed by atoms with Gasteiger partial charge in [0.15, 0.2) is 11.6 Å². The number of ether oxygens (including phenoxy) is 1. The minimum absolute atomic E-state index is 0.0616. The number of nitrogens with zero attached hydrogens (tertiary/aromatic N) is 2. The van der Waals surface area contributed by atoms with Crippen LogP contribution < -0.4 is 5.32 Å². The Kier molecular flexibility index (Phi) is 3.98. The number of benzene rings is 1. The van der Waals surface area contributed by atoms with Crippen LogP contribution in [0.15, 0.2) is 30.6 Å². The molecule has 1 fully saturated rings. The average Bonchev–Trinajstić information content (AvgIpc) is 3.08. The van der Waals surface area contributed by atoms with E-state index in [1.165, 1.54) is 6.07 Å². The van der Waals surface area contributed by atoms with Crippen LogP contribution in [0.2, 0.25) is 0 Å². The lowest BCUT2D eigenvalue weighted by Gasteiger charge is -2.20. The van der Waals surface area contributed by atoms with E-state index in [-0.39, 0.29) is 12.1 Å². The Morgan fingerprint density at radius 2 is 2.24 bits per heavy atom. The summed E-state index contributed by atoms with van der Waals surface area (Å²) in [6, 6.07) is 3.99. The zero-order valence-electron chi connectivity index (χ0n) is 11.7. The fraction of sp³-hybridized carbons (Fsp3) is 0.400. The van der Waals surface area contributed by atoms with Crippen molar-refractivity contribution in [1.29, 1.82) is 0 Å². The number of aryl methyl sites for hydroxylation is 1. The highest BCUT2D eigenvalue weighted by Gasteiger charge is 2.30. The predicted octanol–water partition coefficient (Wildman–Crippen LogP) is 2.32. The van der Waals surface area contributed by atoms with Crippen molar-refractivity contribution in [3.63, 3.8) is 0 Å². The molecule has 0 aliphatic carbocycles. The minimum atomic E-state index is -0.842. The van der Waals surface area contributed by atoms with Crippen molar-refractivity contribution in [2.45, 2.75) is 25.1 Å². The van der Waals surface area contributed by atoms with E-state index in [2.05, 4.69) is 10.3 Å². The van der Waals surface area contributed by atoms with Crippen molar-refractivity contribution >= 4 is 0 Å². The van der Waals surface area contributed by atoms with E-state index >= 15 is 0 Å². The average molecular weight is 293 g/mol. The van der Waals surface area contributed by atoms with Crippen molar-refractivity contribution < 1.29 is 13.5 Å². The molecule has 1 aliphatic heterocycles. The molecule has 112 valence electrons. The third kappa shape index (κ3) is 2.96. The van der Waals surface area contributed by atoms with Crippen molar-refractivity contribution in [2.75, 3.05) is 6.61 Å². The molecule has 3 rings (SSSR count). The molecular formula is C15H17F2N3O. The van der Waals surface area contributed by atoms with Crippen LogP contribution in [0, 0.1) is 11.6 Å². The number of imidazole rings is 1. The fourth-order valence-corrected chi connectivity index (χ4v) is 2.61. The zero-order chi connectivity index (χ0) is 14.8. The van der Waals surface area contributed by atoms with Crippen LogP contribution in [0.3, 0.4) is 0 Å². The lowest BCUT2D eigenvalue weighted by Crippen LogP contribution is -2.32. The smallest absolute Gasteiger partial charge is 0.159 e. The molecule has 0 bridgehead atoms. The van der Waals surface area contributed by atoms with Gasteiger partial charge in [0.05, 0.1) is 12.6 Å². The number of hydrogen-bond donors (Lipinski definition) is 1. The van der Waals surface area contributed by atoms with Gasteiger partial charge in [-0.2, -0.15) is 0 Å². The van der Waals surface area contributed by atoms with E-state index in [9.17, 15) is 8.78 Å². The summed E-state index contributed by atoms with van der Waals surface area (Å²) >= 11 is 0. The Bertz CT molecular complexity index is 629. The summed E-state index contributed by atoms with van der Waals surface area (Å²) in [5.74, 6) is -0.758. The number of hydrogen-bond acceptors (Lipinski definition) is 3. The SMILES string of the molecule is Cn1ccnc1CNC1CCOC1c1ccc(F)c(F)c1. The molecular weight excluding hydrogens is 276 g/mol. The molecule has 6 heteroatoms. The van der Waals surface area contributed by atoms with Gasteiger partial charge in [0.1, 0.15) is 5.82 Å². The summed E-state index contributed by atoms with van der Waals surface area (Å²) in [6.07, 6.45) is 4.19. The summed E-state index contributed by atoms with van der Waals surface area (Å²) in [4.78, 5) is 4.25. The first-order valence-electron chi connectivity index (χ1n) is 6.91. The van der Waals surface area contributed by atoms with Gasteiger partial charge in [0.2, 0.25) is 0 Å². The normalized spacial score (nSPS) is 21.9. The highest BCUT2D eigenvalue weighted by atomic mass is 19.2. The molecule has 21 heavy (non-hydrogen) atoms. The number of aromatic nitrogens is 2. The van der Waals surface area contributed by atoms with Gasteiger partial charge in [-0.15, -0.1) is 0 Å². The molecule has 1 N–H and O–H groups in total. The van der Waals surface area contributed by atoms with Gasteiger partial charge < -0.3 is 14.6 Å². The number of halogens is 2.